The van der Waals surface area contributed by atoms with Crippen molar-refractivity contribution in [1.29, 1.82) is 0 Å². The Bertz CT molecular complexity index is 249. The highest BCUT2D eigenvalue weighted by atomic mass is 32.1. The predicted molar refractivity (Wildman–Crippen MR) is 57.3 cm³/mol. The molecule has 13 heavy (non-hydrogen) atoms. The van der Waals surface area contributed by atoms with Crippen LogP contribution in [0.4, 0.5) is 0 Å². The fraction of sp³-hybridized carbons (Fsp3) is 0.500. The molecule has 0 unspecified atom stereocenters. The Labute approximate surface area is 87.0 Å². The molecule has 0 aliphatic heterocycles. The minimum Gasteiger partial charge on any atom is -0.356 e. The van der Waals surface area contributed by atoms with Gasteiger partial charge >= 0.3 is 0 Å². The van der Waals surface area contributed by atoms with Crippen LogP contribution in [0.2, 0.25) is 0 Å². The Morgan fingerprint density at radius 2 is 2.54 bits per heavy atom. The topological polar surface area (TPSA) is 42.0 Å². The number of aromatic nitrogens is 1. The number of hydrogen-bond acceptors (Lipinski definition) is 4. The molecule has 0 bridgehead atoms. The number of hydrogen-bond donors (Lipinski definition) is 2. The van der Waals surface area contributed by atoms with Crippen molar-refractivity contribution in [3.63, 3.8) is 0 Å². The van der Waals surface area contributed by atoms with E-state index in [0.29, 0.717) is 18.7 Å². The van der Waals surface area contributed by atoms with Crippen molar-refractivity contribution in [2.24, 2.45) is 0 Å². The zero-order valence-corrected chi connectivity index (χ0v) is 8.90. The standard InChI is InChI=1S/C8H12N2OS2/c11-7(2-5-12)9-3-1-8-10-4-6-13-8/h4,6,12H,1-3,5H2,(H,9,11). The summed E-state index contributed by atoms with van der Waals surface area (Å²) in [6.45, 7) is 0.667. The molecule has 0 spiro atoms. The van der Waals surface area contributed by atoms with E-state index in [4.69, 9.17) is 0 Å². The molecule has 0 saturated heterocycles. The van der Waals surface area contributed by atoms with Gasteiger partial charge in [0, 0.05) is 31.0 Å². The highest BCUT2D eigenvalue weighted by Gasteiger charge is 1.99. The third-order valence-corrected chi connectivity index (χ3v) is 2.55. The minimum atomic E-state index is 0.0616. The molecule has 1 N–H and O–H groups in total. The van der Waals surface area contributed by atoms with Gasteiger partial charge in [0.2, 0.25) is 5.91 Å². The first-order chi connectivity index (χ1) is 6.33. The summed E-state index contributed by atoms with van der Waals surface area (Å²) in [5.41, 5.74) is 0. The van der Waals surface area contributed by atoms with Crippen molar-refractivity contribution >= 4 is 29.9 Å². The van der Waals surface area contributed by atoms with Gasteiger partial charge in [0.15, 0.2) is 0 Å². The fourth-order valence-corrected chi connectivity index (χ4v) is 1.70. The van der Waals surface area contributed by atoms with Crippen molar-refractivity contribution in [3.8, 4) is 0 Å². The van der Waals surface area contributed by atoms with E-state index < -0.39 is 0 Å². The third kappa shape index (κ3) is 4.28. The minimum absolute atomic E-state index is 0.0616. The third-order valence-electron chi connectivity index (χ3n) is 1.48. The summed E-state index contributed by atoms with van der Waals surface area (Å²) in [5, 5.41) is 5.80. The van der Waals surface area contributed by atoms with E-state index in [1.165, 1.54) is 0 Å². The number of thiazole rings is 1. The number of thiol groups is 1. The van der Waals surface area contributed by atoms with Gasteiger partial charge < -0.3 is 5.32 Å². The number of amides is 1. The fourth-order valence-electron chi connectivity index (χ4n) is 0.875. The molecule has 0 atom stereocenters. The predicted octanol–water partition coefficient (Wildman–Crippen LogP) is 1.12. The van der Waals surface area contributed by atoms with E-state index in [-0.39, 0.29) is 5.91 Å². The van der Waals surface area contributed by atoms with E-state index in [2.05, 4.69) is 22.9 Å². The van der Waals surface area contributed by atoms with Crippen LogP contribution in [0.5, 0.6) is 0 Å². The van der Waals surface area contributed by atoms with Gasteiger partial charge in [-0.25, -0.2) is 4.98 Å². The van der Waals surface area contributed by atoms with Crippen molar-refractivity contribution in [1.82, 2.24) is 10.3 Å². The molecular formula is C8H12N2OS2. The number of nitrogens with zero attached hydrogens (tertiary/aromatic N) is 1. The Morgan fingerprint density at radius 1 is 1.69 bits per heavy atom. The molecule has 1 heterocycles. The van der Waals surface area contributed by atoms with Crippen LogP contribution in [0.15, 0.2) is 11.6 Å². The van der Waals surface area contributed by atoms with Crippen LogP contribution in [-0.4, -0.2) is 23.2 Å². The van der Waals surface area contributed by atoms with Gasteiger partial charge in [-0.3, -0.25) is 4.79 Å². The molecular weight excluding hydrogens is 204 g/mol. The van der Waals surface area contributed by atoms with Crippen molar-refractivity contribution in [3.05, 3.63) is 16.6 Å². The Hall–Kier alpha value is -0.550. The lowest BCUT2D eigenvalue weighted by molar-refractivity contribution is -0.120. The number of carbonyl (C=O) groups is 1. The van der Waals surface area contributed by atoms with Crippen LogP contribution in [0.25, 0.3) is 0 Å². The summed E-state index contributed by atoms with van der Waals surface area (Å²) in [4.78, 5) is 15.1. The Kier molecular flexibility index (Phi) is 4.85. The quantitative estimate of drug-likeness (QED) is 0.724. The molecule has 0 radical (unpaired) electrons. The van der Waals surface area contributed by atoms with E-state index in [0.717, 1.165) is 11.4 Å². The smallest absolute Gasteiger partial charge is 0.220 e. The van der Waals surface area contributed by atoms with Gasteiger partial charge in [0.05, 0.1) is 5.01 Å². The molecule has 1 aromatic heterocycles. The van der Waals surface area contributed by atoms with E-state index in [9.17, 15) is 4.79 Å². The lowest BCUT2D eigenvalue weighted by Crippen LogP contribution is -2.25. The molecule has 0 saturated carbocycles. The molecule has 0 aliphatic carbocycles. The lowest BCUT2D eigenvalue weighted by atomic mass is 10.4. The summed E-state index contributed by atoms with van der Waals surface area (Å²) in [5.74, 6) is 0.662. The first-order valence-electron chi connectivity index (χ1n) is 4.09. The molecule has 1 rings (SSSR count). The van der Waals surface area contributed by atoms with Crippen molar-refractivity contribution in [2.75, 3.05) is 12.3 Å². The summed E-state index contributed by atoms with van der Waals surface area (Å²) in [6, 6.07) is 0. The highest BCUT2D eigenvalue weighted by Crippen LogP contribution is 2.03. The van der Waals surface area contributed by atoms with E-state index in [1.807, 2.05) is 5.38 Å². The maximum Gasteiger partial charge on any atom is 0.220 e. The number of rotatable bonds is 5. The molecule has 3 nitrogen and oxygen atoms in total. The average Bonchev–Trinajstić information content (AvgIpc) is 2.57. The molecule has 0 fully saturated rings. The highest BCUT2D eigenvalue weighted by molar-refractivity contribution is 7.80. The molecule has 72 valence electrons. The zero-order chi connectivity index (χ0) is 9.52. The summed E-state index contributed by atoms with van der Waals surface area (Å²) < 4.78 is 0. The van der Waals surface area contributed by atoms with Gasteiger partial charge in [0.1, 0.15) is 0 Å². The van der Waals surface area contributed by atoms with Crippen LogP contribution in [0.3, 0.4) is 0 Å². The molecule has 5 heteroatoms. The molecule has 0 aromatic carbocycles. The van der Waals surface area contributed by atoms with Gasteiger partial charge in [-0.1, -0.05) is 0 Å². The first-order valence-corrected chi connectivity index (χ1v) is 5.60. The monoisotopic (exact) mass is 216 g/mol. The second-order valence-electron chi connectivity index (χ2n) is 2.50. The molecule has 0 aliphatic rings. The van der Waals surface area contributed by atoms with Gasteiger partial charge in [-0.05, 0) is 5.75 Å². The summed E-state index contributed by atoms with van der Waals surface area (Å²) in [6.07, 6.45) is 3.08. The maximum absolute atomic E-state index is 11.0. The summed E-state index contributed by atoms with van der Waals surface area (Å²) in [7, 11) is 0. The SMILES string of the molecule is O=C(CCS)NCCc1nccs1. The van der Waals surface area contributed by atoms with Crippen molar-refractivity contribution < 1.29 is 4.79 Å². The summed E-state index contributed by atoms with van der Waals surface area (Å²) >= 11 is 5.58. The Morgan fingerprint density at radius 3 is 3.15 bits per heavy atom. The van der Waals surface area contributed by atoms with E-state index >= 15 is 0 Å². The lowest BCUT2D eigenvalue weighted by Gasteiger charge is -2.01. The van der Waals surface area contributed by atoms with Crippen LogP contribution in [-0.2, 0) is 11.2 Å². The van der Waals surface area contributed by atoms with Crippen LogP contribution in [0.1, 0.15) is 11.4 Å². The van der Waals surface area contributed by atoms with Crippen LogP contribution < -0.4 is 5.32 Å². The van der Waals surface area contributed by atoms with E-state index in [1.54, 1.807) is 17.5 Å². The Balaban J connectivity index is 2.11. The van der Waals surface area contributed by atoms with Crippen LogP contribution in [0, 0.1) is 0 Å². The van der Waals surface area contributed by atoms with Gasteiger partial charge in [-0.2, -0.15) is 12.6 Å². The normalized spacial score (nSPS) is 9.92. The van der Waals surface area contributed by atoms with Crippen LogP contribution >= 0.6 is 24.0 Å². The maximum atomic E-state index is 11.0. The molecule has 1 aromatic rings. The largest absolute Gasteiger partial charge is 0.356 e. The van der Waals surface area contributed by atoms with Gasteiger partial charge in [-0.15, -0.1) is 11.3 Å². The average molecular weight is 216 g/mol. The second-order valence-corrected chi connectivity index (χ2v) is 3.93. The zero-order valence-electron chi connectivity index (χ0n) is 7.19. The van der Waals surface area contributed by atoms with Gasteiger partial charge in [0.25, 0.3) is 0 Å². The first kappa shape index (κ1) is 10.5. The molecule has 1 amide bonds. The van der Waals surface area contributed by atoms with Crippen molar-refractivity contribution in [2.45, 2.75) is 12.8 Å². The number of nitrogens with one attached hydrogen (secondary N) is 1. The number of carbonyl (C=O) groups excluding carboxylic acids is 1. The second kappa shape index (κ2) is 5.99.